The van der Waals surface area contributed by atoms with Crippen molar-refractivity contribution in [2.75, 3.05) is 0 Å². The molecular weight excluding hydrogens is 168 g/mol. The first-order valence-corrected chi connectivity index (χ1v) is 4.13. The molecule has 1 aliphatic rings. The Hall–Kier alpha value is -1.35. The van der Waals surface area contributed by atoms with Gasteiger partial charge in [0.2, 0.25) is 0 Å². The zero-order valence-corrected chi connectivity index (χ0v) is 7.23. The molecule has 1 aromatic carbocycles. The Morgan fingerprint density at radius 1 is 1.38 bits per heavy atom. The fraction of sp³-hybridized carbons (Fsp3) is 0.300. The molecule has 1 heterocycles. The van der Waals surface area contributed by atoms with Crippen molar-refractivity contribution in [3.63, 3.8) is 0 Å². The van der Waals surface area contributed by atoms with Crippen molar-refractivity contribution in [2.45, 2.75) is 19.1 Å². The minimum absolute atomic E-state index is 0.238. The lowest BCUT2D eigenvalue weighted by Crippen LogP contribution is -2.04. The van der Waals surface area contributed by atoms with Crippen LogP contribution in [-0.4, -0.2) is 17.2 Å². The zero-order valence-electron chi connectivity index (χ0n) is 7.23. The van der Waals surface area contributed by atoms with Crippen LogP contribution < -0.4 is 0 Å². The van der Waals surface area contributed by atoms with Crippen molar-refractivity contribution < 1.29 is 14.6 Å². The summed E-state index contributed by atoms with van der Waals surface area (Å²) in [7, 11) is 0. The van der Waals surface area contributed by atoms with E-state index in [0.29, 0.717) is 0 Å². The molecule has 0 aromatic heterocycles. The highest BCUT2D eigenvalue weighted by Crippen LogP contribution is 2.38. The third-order valence-corrected chi connectivity index (χ3v) is 2.14. The zero-order chi connectivity index (χ0) is 9.42. The second-order valence-electron chi connectivity index (χ2n) is 3.23. The molecule has 1 fully saturated rings. The predicted octanol–water partition coefficient (Wildman–Crippen LogP) is 1.52. The molecule has 1 N–H and O–H groups in total. The van der Waals surface area contributed by atoms with Gasteiger partial charge in [-0.15, -0.1) is 0 Å². The van der Waals surface area contributed by atoms with E-state index in [1.165, 1.54) is 0 Å². The maximum atomic E-state index is 10.5. The summed E-state index contributed by atoms with van der Waals surface area (Å²) in [6, 6.07) is 7.72. The Labute approximate surface area is 76.0 Å². The van der Waals surface area contributed by atoms with Gasteiger partial charge in [0.1, 0.15) is 6.10 Å². The van der Waals surface area contributed by atoms with E-state index in [4.69, 9.17) is 9.84 Å². The quantitative estimate of drug-likeness (QED) is 0.698. The summed E-state index contributed by atoms with van der Waals surface area (Å²) in [6.07, 6.45) is -0.874. The van der Waals surface area contributed by atoms with Gasteiger partial charge < -0.3 is 9.84 Å². The molecule has 3 nitrogen and oxygen atoms in total. The van der Waals surface area contributed by atoms with Crippen molar-refractivity contribution in [2.24, 2.45) is 0 Å². The predicted molar refractivity (Wildman–Crippen MR) is 46.4 cm³/mol. The number of hydrogen-bond donors (Lipinski definition) is 1. The van der Waals surface area contributed by atoms with Gasteiger partial charge in [-0.25, -0.2) is 4.79 Å². The normalized spacial score (nSPS) is 25.6. The van der Waals surface area contributed by atoms with Crippen LogP contribution in [0.15, 0.2) is 24.3 Å². The summed E-state index contributed by atoms with van der Waals surface area (Å²) in [6.45, 7) is 1.99. The Morgan fingerprint density at radius 3 is 2.46 bits per heavy atom. The second-order valence-corrected chi connectivity index (χ2v) is 3.23. The maximum absolute atomic E-state index is 10.5. The van der Waals surface area contributed by atoms with Gasteiger partial charge in [0.15, 0.2) is 6.10 Å². The number of epoxide rings is 1. The third kappa shape index (κ3) is 1.55. The maximum Gasteiger partial charge on any atom is 0.335 e. The number of rotatable bonds is 2. The summed E-state index contributed by atoms with van der Waals surface area (Å²) in [5.74, 6) is -0.884. The van der Waals surface area contributed by atoms with E-state index in [-0.39, 0.29) is 6.10 Å². The number of benzene rings is 1. The van der Waals surface area contributed by atoms with Crippen molar-refractivity contribution in [3.05, 3.63) is 35.4 Å². The fourth-order valence-electron chi connectivity index (χ4n) is 1.31. The van der Waals surface area contributed by atoms with Crippen LogP contribution in [0.25, 0.3) is 0 Å². The molecule has 2 rings (SSSR count). The van der Waals surface area contributed by atoms with Crippen LogP contribution in [0.5, 0.6) is 0 Å². The highest BCUT2D eigenvalue weighted by molar-refractivity contribution is 5.76. The molecular formula is C10H10O3. The molecule has 1 aliphatic heterocycles. The minimum atomic E-state index is -0.884. The van der Waals surface area contributed by atoms with Gasteiger partial charge >= 0.3 is 5.97 Å². The summed E-state index contributed by atoms with van der Waals surface area (Å²) in [5, 5.41) is 8.61. The highest BCUT2D eigenvalue weighted by Gasteiger charge is 2.46. The first kappa shape index (κ1) is 8.26. The SMILES string of the molecule is Cc1ccc([C@@H]2O[C@@H]2C(=O)O)cc1. The number of carboxylic acid groups (broad SMARTS) is 1. The van der Waals surface area contributed by atoms with Gasteiger partial charge in [-0.05, 0) is 12.5 Å². The molecule has 0 radical (unpaired) electrons. The molecule has 0 aliphatic carbocycles. The lowest BCUT2D eigenvalue weighted by molar-refractivity contribution is -0.138. The van der Waals surface area contributed by atoms with Crippen LogP contribution in [0.1, 0.15) is 17.2 Å². The topological polar surface area (TPSA) is 49.8 Å². The average molecular weight is 178 g/mol. The first-order chi connectivity index (χ1) is 6.18. The summed E-state index contributed by atoms with van der Waals surface area (Å²) in [4.78, 5) is 10.5. The van der Waals surface area contributed by atoms with Crippen LogP contribution in [0.3, 0.4) is 0 Å². The lowest BCUT2D eigenvalue weighted by atomic mass is 10.1. The van der Waals surface area contributed by atoms with Gasteiger partial charge in [0.05, 0.1) is 0 Å². The van der Waals surface area contributed by atoms with Crippen molar-refractivity contribution in [1.29, 1.82) is 0 Å². The van der Waals surface area contributed by atoms with Crippen LogP contribution in [0.4, 0.5) is 0 Å². The Balaban J connectivity index is 2.12. The molecule has 0 bridgehead atoms. The summed E-state index contributed by atoms with van der Waals surface area (Å²) in [5.41, 5.74) is 2.11. The molecule has 0 unspecified atom stereocenters. The monoisotopic (exact) mass is 178 g/mol. The van der Waals surface area contributed by atoms with Crippen LogP contribution in [0.2, 0.25) is 0 Å². The van der Waals surface area contributed by atoms with E-state index in [1.807, 2.05) is 31.2 Å². The molecule has 0 spiro atoms. The number of hydrogen-bond acceptors (Lipinski definition) is 2. The van der Waals surface area contributed by atoms with E-state index in [9.17, 15) is 4.79 Å². The Kier molecular flexibility index (Phi) is 1.81. The van der Waals surface area contributed by atoms with E-state index >= 15 is 0 Å². The molecule has 0 saturated carbocycles. The molecule has 3 heteroatoms. The molecule has 2 atom stereocenters. The van der Waals surface area contributed by atoms with Crippen molar-refractivity contribution in [3.8, 4) is 0 Å². The van der Waals surface area contributed by atoms with E-state index < -0.39 is 12.1 Å². The van der Waals surface area contributed by atoms with E-state index in [0.717, 1.165) is 11.1 Å². The van der Waals surface area contributed by atoms with Gasteiger partial charge in [-0.1, -0.05) is 29.8 Å². The van der Waals surface area contributed by atoms with E-state index in [1.54, 1.807) is 0 Å². The van der Waals surface area contributed by atoms with Crippen LogP contribution in [0, 0.1) is 6.92 Å². The number of carbonyl (C=O) groups is 1. The molecule has 1 aromatic rings. The van der Waals surface area contributed by atoms with Crippen molar-refractivity contribution >= 4 is 5.97 Å². The lowest BCUT2D eigenvalue weighted by Gasteiger charge is -1.95. The van der Waals surface area contributed by atoms with E-state index in [2.05, 4.69) is 0 Å². The standard InChI is InChI=1S/C10H10O3/c1-6-2-4-7(5-3-6)8-9(13-8)10(11)12/h2-5,8-9H,1H3,(H,11,12)/t8-,9-/m0/s1. The average Bonchev–Trinajstić information content (AvgIpc) is 2.85. The molecule has 0 amide bonds. The number of aliphatic carboxylic acids is 1. The fourth-order valence-corrected chi connectivity index (χ4v) is 1.31. The number of aryl methyl sites for hydroxylation is 1. The summed E-state index contributed by atoms with van der Waals surface area (Å²) < 4.78 is 5.00. The van der Waals surface area contributed by atoms with Crippen LogP contribution in [-0.2, 0) is 9.53 Å². The minimum Gasteiger partial charge on any atom is -0.479 e. The molecule has 1 saturated heterocycles. The Morgan fingerprint density at radius 2 is 2.00 bits per heavy atom. The molecule has 68 valence electrons. The van der Waals surface area contributed by atoms with Crippen molar-refractivity contribution in [1.82, 2.24) is 0 Å². The number of ether oxygens (including phenoxy) is 1. The third-order valence-electron chi connectivity index (χ3n) is 2.14. The van der Waals surface area contributed by atoms with Crippen LogP contribution >= 0.6 is 0 Å². The largest absolute Gasteiger partial charge is 0.479 e. The second kappa shape index (κ2) is 2.85. The summed E-state index contributed by atoms with van der Waals surface area (Å²) >= 11 is 0. The first-order valence-electron chi connectivity index (χ1n) is 4.13. The van der Waals surface area contributed by atoms with Gasteiger partial charge in [0.25, 0.3) is 0 Å². The van der Waals surface area contributed by atoms with Gasteiger partial charge in [-0.2, -0.15) is 0 Å². The molecule has 13 heavy (non-hydrogen) atoms. The number of carboxylic acids is 1. The van der Waals surface area contributed by atoms with Gasteiger partial charge in [0, 0.05) is 0 Å². The van der Waals surface area contributed by atoms with Gasteiger partial charge in [-0.3, -0.25) is 0 Å². The smallest absolute Gasteiger partial charge is 0.335 e. The Bertz CT molecular complexity index is 329. The highest BCUT2D eigenvalue weighted by atomic mass is 16.6.